The van der Waals surface area contributed by atoms with E-state index in [1.165, 1.54) is 0 Å². The number of hydrogen-bond donors (Lipinski definition) is 0. The summed E-state index contributed by atoms with van der Waals surface area (Å²) in [5, 5.41) is 2.56. The second-order valence-corrected chi connectivity index (χ2v) is 9.84. The fraction of sp³-hybridized carbons (Fsp3) is 0.333. The average molecular weight is 515 g/mol. The minimum atomic E-state index is -0.194. The minimum Gasteiger partial charge on any atom is -0.493 e. The van der Waals surface area contributed by atoms with Gasteiger partial charge in [-0.15, -0.1) is 11.3 Å². The first kappa shape index (κ1) is 26.6. The molecule has 35 heavy (non-hydrogen) atoms. The van der Waals surface area contributed by atoms with Gasteiger partial charge in [0.25, 0.3) is 5.91 Å². The maximum absolute atomic E-state index is 13.5. The molecule has 0 saturated carbocycles. The van der Waals surface area contributed by atoms with Crippen LogP contribution in [0.2, 0.25) is 5.02 Å². The number of benzene rings is 2. The van der Waals surface area contributed by atoms with Crippen LogP contribution in [0.5, 0.6) is 11.5 Å². The number of halogens is 1. The van der Waals surface area contributed by atoms with Crippen LogP contribution in [0.25, 0.3) is 0 Å². The molecule has 3 rings (SSSR count). The van der Waals surface area contributed by atoms with Crippen LogP contribution in [0.3, 0.4) is 0 Å². The molecule has 0 N–H and O–H groups in total. The Morgan fingerprint density at radius 1 is 1.00 bits per heavy atom. The lowest BCUT2D eigenvalue weighted by Gasteiger charge is -2.30. The molecule has 3 aromatic rings. The standard InChI is InChI=1S/C27H31ClN2O4S/c1-19(2)30(27(32)21-8-10-22(28)11-9-21)18-26(31)29(17-23-6-5-15-35-23)14-13-20-7-12-24(33-3)25(16-20)34-4/h5-12,15-16,19H,13-14,17-18H2,1-4H3. The first-order valence-corrected chi connectivity index (χ1v) is 12.7. The lowest BCUT2D eigenvalue weighted by atomic mass is 10.1. The number of amides is 2. The van der Waals surface area contributed by atoms with Crippen molar-refractivity contribution >= 4 is 34.8 Å². The maximum Gasteiger partial charge on any atom is 0.254 e. The van der Waals surface area contributed by atoms with Gasteiger partial charge in [-0.1, -0.05) is 23.7 Å². The maximum atomic E-state index is 13.5. The van der Waals surface area contributed by atoms with Gasteiger partial charge in [0.1, 0.15) is 6.54 Å². The molecule has 6 nitrogen and oxygen atoms in total. The summed E-state index contributed by atoms with van der Waals surface area (Å²) in [7, 11) is 3.21. The summed E-state index contributed by atoms with van der Waals surface area (Å²) < 4.78 is 10.7. The molecule has 0 unspecified atom stereocenters. The number of carbonyl (C=O) groups is 2. The summed E-state index contributed by atoms with van der Waals surface area (Å²) in [6, 6.07) is 16.3. The van der Waals surface area contributed by atoms with Crippen molar-refractivity contribution in [1.29, 1.82) is 0 Å². The highest BCUT2D eigenvalue weighted by Gasteiger charge is 2.25. The third-order valence-corrected chi connectivity index (χ3v) is 6.79. The molecule has 2 aromatic carbocycles. The van der Waals surface area contributed by atoms with E-state index < -0.39 is 0 Å². The van der Waals surface area contributed by atoms with Gasteiger partial charge in [0.05, 0.1) is 20.8 Å². The molecule has 186 valence electrons. The average Bonchev–Trinajstić information content (AvgIpc) is 3.37. The molecule has 0 aliphatic rings. The van der Waals surface area contributed by atoms with Crippen LogP contribution in [0, 0.1) is 0 Å². The van der Waals surface area contributed by atoms with Crippen LogP contribution in [-0.2, 0) is 17.8 Å². The second-order valence-electron chi connectivity index (χ2n) is 8.37. The van der Waals surface area contributed by atoms with Gasteiger partial charge >= 0.3 is 0 Å². The quantitative estimate of drug-likeness (QED) is 0.337. The third kappa shape index (κ3) is 7.23. The Kier molecular flexibility index (Phi) is 9.57. The topological polar surface area (TPSA) is 59.1 Å². The van der Waals surface area contributed by atoms with Crippen molar-refractivity contribution in [1.82, 2.24) is 9.80 Å². The lowest BCUT2D eigenvalue weighted by molar-refractivity contribution is -0.132. The first-order chi connectivity index (χ1) is 16.8. The van der Waals surface area contributed by atoms with Crippen LogP contribution in [-0.4, -0.2) is 55.0 Å². The molecule has 0 fully saturated rings. The Balaban J connectivity index is 1.76. The van der Waals surface area contributed by atoms with Crippen molar-refractivity contribution in [3.63, 3.8) is 0 Å². The van der Waals surface area contributed by atoms with Crippen molar-refractivity contribution in [3.8, 4) is 11.5 Å². The summed E-state index contributed by atoms with van der Waals surface area (Å²) in [5.74, 6) is 1.02. The van der Waals surface area contributed by atoms with E-state index in [4.69, 9.17) is 21.1 Å². The smallest absolute Gasteiger partial charge is 0.254 e. The van der Waals surface area contributed by atoms with Gasteiger partial charge in [0.2, 0.25) is 5.91 Å². The molecule has 0 aliphatic heterocycles. The highest BCUT2D eigenvalue weighted by Crippen LogP contribution is 2.28. The highest BCUT2D eigenvalue weighted by molar-refractivity contribution is 7.09. The SMILES string of the molecule is COc1ccc(CCN(Cc2cccs2)C(=O)CN(C(=O)c2ccc(Cl)cc2)C(C)C)cc1OC. The Bertz CT molecular complexity index is 1120. The van der Waals surface area contributed by atoms with E-state index in [0.29, 0.717) is 41.6 Å². The molecular formula is C27H31ClN2O4S. The Hall–Kier alpha value is -3.03. The van der Waals surface area contributed by atoms with Crippen molar-refractivity contribution in [2.24, 2.45) is 0 Å². The zero-order valence-corrected chi connectivity index (χ0v) is 22.1. The van der Waals surface area contributed by atoms with Gasteiger partial charge in [0.15, 0.2) is 11.5 Å². The number of nitrogens with zero attached hydrogens (tertiary/aromatic N) is 2. The van der Waals surface area contributed by atoms with Gasteiger partial charge in [-0.25, -0.2) is 0 Å². The number of methoxy groups -OCH3 is 2. The zero-order chi connectivity index (χ0) is 25.4. The van der Waals surface area contributed by atoms with E-state index in [1.54, 1.807) is 54.7 Å². The monoisotopic (exact) mass is 514 g/mol. The molecule has 1 heterocycles. The predicted molar refractivity (Wildman–Crippen MR) is 141 cm³/mol. The molecule has 0 bridgehead atoms. The van der Waals surface area contributed by atoms with Gasteiger partial charge in [-0.05, 0) is 73.7 Å². The van der Waals surface area contributed by atoms with Crippen LogP contribution in [0.1, 0.15) is 34.6 Å². The normalized spacial score (nSPS) is 10.8. The van der Waals surface area contributed by atoms with Gasteiger partial charge in [-0.3, -0.25) is 9.59 Å². The summed E-state index contributed by atoms with van der Waals surface area (Å²) in [6.45, 7) is 4.82. The molecule has 0 spiro atoms. The van der Waals surface area contributed by atoms with Crippen molar-refractivity contribution in [2.75, 3.05) is 27.3 Å². The molecule has 0 atom stereocenters. The zero-order valence-electron chi connectivity index (χ0n) is 20.5. The van der Waals surface area contributed by atoms with E-state index in [9.17, 15) is 9.59 Å². The summed E-state index contributed by atoms with van der Waals surface area (Å²) in [6.07, 6.45) is 0.643. The van der Waals surface area contributed by atoms with Crippen LogP contribution < -0.4 is 9.47 Å². The second kappa shape index (κ2) is 12.6. The summed E-state index contributed by atoms with van der Waals surface area (Å²) >= 11 is 7.58. The Morgan fingerprint density at radius 2 is 1.71 bits per heavy atom. The van der Waals surface area contributed by atoms with E-state index in [0.717, 1.165) is 10.4 Å². The molecule has 1 aromatic heterocycles. The number of rotatable bonds is 11. The van der Waals surface area contributed by atoms with Crippen LogP contribution in [0.4, 0.5) is 0 Å². The number of carbonyl (C=O) groups excluding carboxylic acids is 2. The van der Waals surface area contributed by atoms with E-state index >= 15 is 0 Å². The molecular weight excluding hydrogens is 484 g/mol. The molecule has 8 heteroatoms. The molecule has 0 radical (unpaired) electrons. The van der Waals surface area contributed by atoms with E-state index in [2.05, 4.69) is 0 Å². The van der Waals surface area contributed by atoms with Gasteiger partial charge < -0.3 is 19.3 Å². The number of thiophene rings is 1. The van der Waals surface area contributed by atoms with E-state index in [1.807, 2.05) is 54.5 Å². The summed E-state index contributed by atoms with van der Waals surface area (Å²) in [4.78, 5) is 31.2. The largest absolute Gasteiger partial charge is 0.493 e. The first-order valence-electron chi connectivity index (χ1n) is 11.4. The van der Waals surface area contributed by atoms with Crippen LogP contribution >= 0.6 is 22.9 Å². The Morgan fingerprint density at radius 3 is 2.31 bits per heavy atom. The van der Waals surface area contributed by atoms with Crippen molar-refractivity contribution < 1.29 is 19.1 Å². The fourth-order valence-corrected chi connectivity index (χ4v) is 4.52. The number of ether oxygens (including phenoxy) is 2. The van der Waals surface area contributed by atoms with Crippen molar-refractivity contribution in [2.45, 2.75) is 32.9 Å². The minimum absolute atomic E-state index is 0.00354. The fourth-order valence-electron chi connectivity index (χ4n) is 3.68. The highest BCUT2D eigenvalue weighted by atomic mass is 35.5. The Labute approximate surface area is 216 Å². The van der Waals surface area contributed by atoms with Crippen LogP contribution in [0.15, 0.2) is 60.0 Å². The molecule has 0 aliphatic carbocycles. The van der Waals surface area contributed by atoms with Gasteiger partial charge in [0, 0.05) is 28.0 Å². The lowest BCUT2D eigenvalue weighted by Crippen LogP contribution is -2.46. The third-order valence-electron chi connectivity index (χ3n) is 5.68. The van der Waals surface area contributed by atoms with Gasteiger partial charge in [-0.2, -0.15) is 0 Å². The number of hydrogen-bond acceptors (Lipinski definition) is 5. The molecule has 2 amide bonds. The predicted octanol–water partition coefficient (Wildman–Crippen LogP) is 5.54. The molecule has 0 saturated heterocycles. The van der Waals surface area contributed by atoms with Crippen molar-refractivity contribution in [3.05, 3.63) is 81.0 Å². The van der Waals surface area contributed by atoms with E-state index in [-0.39, 0.29) is 24.4 Å². The summed E-state index contributed by atoms with van der Waals surface area (Å²) in [5.41, 5.74) is 1.54.